The maximum Gasteiger partial charge on any atom is 0.335 e. The fraction of sp³-hybridized carbons (Fsp3) is 0.545. The van der Waals surface area contributed by atoms with Gasteiger partial charge in [0.25, 0.3) is 0 Å². The number of hydrogen-bond acceptors (Lipinski definition) is 4. The number of carbonyl (C=O) groups excluding carboxylic acids is 1. The van der Waals surface area contributed by atoms with Crippen LogP contribution in [0.4, 0.5) is 0 Å². The molecule has 0 spiro atoms. The molecule has 1 atom stereocenters. The molecule has 0 amide bonds. The van der Waals surface area contributed by atoms with Crippen LogP contribution in [0.15, 0.2) is 16.7 Å². The fourth-order valence-corrected chi connectivity index (χ4v) is 1.56. The van der Waals surface area contributed by atoms with Gasteiger partial charge in [-0.2, -0.15) is 0 Å². The summed E-state index contributed by atoms with van der Waals surface area (Å²) in [6.45, 7) is 5.34. The first kappa shape index (κ1) is 11.8. The van der Waals surface area contributed by atoms with Crippen LogP contribution in [0.1, 0.15) is 25.2 Å². The molecule has 0 aromatic carbocycles. The van der Waals surface area contributed by atoms with E-state index in [9.17, 15) is 9.90 Å². The molecule has 4 heteroatoms. The van der Waals surface area contributed by atoms with Crippen molar-refractivity contribution in [3.63, 3.8) is 0 Å². The SMILES string of the molecule is COC(=O)C(O)C(C)(C)c1occc1C. The van der Waals surface area contributed by atoms with E-state index >= 15 is 0 Å². The minimum atomic E-state index is -1.23. The second-order valence-corrected chi connectivity index (χ2v) is 4.08. The van der Waals surface area contributed by atoms with Crippen molar-refractivity contribution >= 4 is 5.97 Å². The number of hydrogen-bond donors (Lipinski definition) is 1. The Hall–Kier alpha value is -1.29. The highest BCUT2D eigenvalue weighted by molar-refractivity contribution is 5.76. The van der Waals surface area contributed by atoms with E-state index in [1.165, 1.54) is 13.4 Å². The minimum Gasteiger partial charge on any atom is -0.468 e. The van der Waals surface area contributed by atoms with Gasteiger partial charge < -0.3 is 14.3 Å². The predicted molar refractivity (Wildman–Crippen MR) is 54.5 cm³/mol. The monoisotopic (exact) mass is 212 g/mol. The molecule has 84 valence electrons. The quantitative estimate of drug-likeness (QED) is 0.769. The van der Waals surface area contributed by atoms with Crippen LogP contribution in [-0.2, 0) is 14.9 Å². The van der Waals surface area contributed by atoms with Gasteiger partial charge in [-0.15, -0.1) is 0 Å². The first-order valence-electron chi connectivity index (χ1n) is 4.71. The van der Waals surface area contributed by atoms with Crippen LogP contribution in [0, 0.1) is 6.92 Å². The topological polar surface area (TPSA) is 59.7 Å². The van der Waals surface area contributed by atoms with Gasteiger partial charge in [-0.1, -0.05) is 0 Å². The zero-order valence-electron chi connectivity index (χ0n) is 9.40. The van der Waals surface area contributed by atoms with Gasteiger partial charge in [-0.25, -0.2) is 4.79 Å². The largest absolute Gasteiger partial charge is 0.468 e. The van der Waals surface area contributed by atoms with Crippen LogP contribution < -0.4 is 0 Å². The Kier molecular flexibility index (Phi) is 3.19. The molecule has 0 saturated heterocycles. The second-order valence-electron chi connectivity index (χ2n) is 4.08. The maximum absolute atomic E-state index is 11.3. The van der Waals surface area contributed by atoms with E-state index in [1.807, 2.05) is 6.92 Å². The number of aryl methyl sites for hydroxylation is 1. The lowest BCUT2D eigenvalue weighted by Crippen LogP contribution is -2.40. The number of furan rings is 1. The van der Waals surface area contributed by atoms with E-state index in [4.69, 9.17) is 4.42 Å². The molecular weight excluding hydrogens is 196 g/mol. The summed E-state index contributed by atoms with van der Waals surface area (Å²) in [5.41, 5.74) is 0.115. The normalized spacial score (nSPS) is 13.7. The fourth-order valence-electron chi connectivity index (χ4n) is 1.56. The minimum absolute atomic E-state index is 0.598. The van der Waals surface area contributed by atoms with Gasteiger partial charge in [-0.05, 0) is 32.4 Å². The number of aliphatic hydroxyl groups excluding tert-OH is 1. The van der Waals surface area contributed by atoms with Gasteiger partial charge in [0.2, 0.25) is 0 Å². The molecule has 1 N–H and O–H groups in total. The van der Waals surface area contributed by atoms with Crippen molar-refractivity contribution in [3.8, 4) is 0 Å². The van der Waals surface area contributed by atoms with E-state index in [-0.39, 0.29) is 0 Å². The van der Waals surface area contributed by atoms with Crippen LogP contribution >= 0.6 is 0 Å². The van der Waals surface area contributed by atoms with Crippen LogP contribution in [0.3, 0.4) is 0 Å². The highest BCUT2D eigenvalue weighted by Gasteiger charge is 2.39. The molecule has 0 fully saturated rings. The van der Waals surface area contributed by atoms with Gasteiger partial charge in [0.15, 0.2) is 6.10 Å². The number of methoxy groups -OCH3 is 1. The lowest BCUT2D eigenvalue weighted by molar-refractivity contribution is -0.154. The summed E-state index contributed by atoms with van der Waals surface area (Å²) in [5, 5.41) is 9.81. The standard InChI is InChI=1S/C11H16O4/c1-7-5-6-15-9(7)11(2,3)8(12)10(13)14-4/h5-6,8,12H,1-4H3. The van der Waals surface area contributed by atoms with E-state index < -0.39 is 17.5 Å². The molecular formula is C11H16O4. The zero-order chi connectivity index (χ0) is 11.6. The summed E-state index contributed by atoms with van der Waals surface area (Å²) in [7, 11) is 1.25. The Balaban J connectivity index is 3.02. The zero-order valence-corrected chi connectivity index (χ0v) is 9.40. The van der Waals surface area contributed by atoms with Gasteiger partial charge in [0, 0.05) is 0 Å². The van der Waals surface area contributed by atoms with E-state index in [1.54, 1.807) is 19.9 Å². The number of esters is 1. The van der Waals surface area contributed by atoms with Gasteiger partial charge in [0.05, 0.1) is 18.8 Å². The number of rotatable bonds is 3. The summed E-state index contributed by atoms with van der Waals surface area (Å²) in [6, 6.07) is 1.79. The van der Waals surface area contributed by atoms with E-state index in [0.29, 0.717) is 5.76 Å². The highest BCUT2D eigenvalue weighted by atomic mass is 16.5. The van der Waals surface area contributed by atoms with Crippen molar-refractivity contribution in [2.24, 2.45) is 0 Å². The molecule has 1 heterocycles. The van der Waals surface area contributed by atoms with Crippen molar-refractivity contribution in [2.75, 3.05) is 7.11 Å². The van der Waals surface area contributed by atoms with Crippen LogP contribution in [0.25, 0.3) is 0 Å². The Bertz CT molecular complexity index is 351. The molecule has 1 aromatic heterocycles. The smallest absolute Gasteiger partial charge is 0.335 e. The lowest BCUT2D eigenvalue weighted by atomic mass is 9.82. The molecule has 0 aliphatic carbocycles. The van der Waals surface area contributed by atoms with E-state index in [0.717, 1.165) is 5.56 Å². The molecule has 0 saturated carbocycles. The van der Waals surface area contributed by atoms with E-state index in [2.05, 4.69) is 4.74 Å². The number of ether oxygens (including phenoxy) is 1. The maximum atomic E-state index is 11.3. The Morgan fingerprint density at radius 3 is 2.60 bits per heavy atom. The molecule has 0 aliphatic heterocycles. The number of carbonyl (C=O) groups is 1. The van der Waals surface area contributed by atoms with Gasteiger partial charge in [0.1, 0.15) is 5.76 Å². The van der Waals surface area contributed by atoms with Crippen molar-refractivity contribution in [3.05, 3.63) is 23.7 Å². The van der Waals surface area contributed by atoms with Crippen molar-refractivity contribution in [1.82, 2.24) is 0 Å². The highest BCUT2D eigenvalue weighted by Crippen LogP contribution is 2.30. The Morgan fingerprint density at radius 1 is 1.60 bits per heavy atom. The third-order valence-corrected chi connectivity index (χ3v) is 2.56. The Morgan fingerprint density at radius 2 is 2.20 bits per heavy atom. The second kappa shape index (κ2) is 4.06. The molecule has 1 unspecified atom stereocenters. The molecule has 1 rings (SSSR count). The molecule has 4 nitrogen and oxygen atoms in total. The molecule has 0 aliphatic rings. The summed E-state index contributed by atoms with van der Waals surface area (Å²) in [5.74, 6) is -0.0591. The van der Waals surface area contributed by atoms with Gasteiger partial charge in [-0.3, -0.25) is 0 Å². The molecule has 15 heavy (non-hydrogen) atoms. The van der Waals surface area contributed by atoms with Crippen LogP contribution in [0.2, 0.25) is 0 Å². The summed E-state index contributed by atoms with van der Waals surface area (Å²) in [4.78, 5) is 11.3. The summed E-state index contributed by atoms with van der Waals surface area (Å²) < 4.78 is 9.78. The average Bonchev–Trinajstić information content (AvgIpc) is 2.62. The molecule has 1 aromatic rings. The predicted octanol–water partition coefficient (Wildman–Crippen LogP) is 1.40. The third kappa shape index (κ3) is 2.04. The van der Waals surface area contributed by atoms with Crippen molar-refractivity contribution < 1.29 is 19.1 Å². The molecule has 0 radical (unpaired) electrons. The van der Waals surface area contributed by atoms with Crippen LogP contribution in [0.5, 0.6) is 0 Å². The Labute approximate surface area is 88.8 Å². The number of aliphatic hydroxyl groups is 1. The van der Waals surface area contributed by atoms with Crippen LogP contribution in [-0.4, -0.2) is 24.3 Å². The molecule has 0 bridgehead atoms. The van der Waals surface area contributed by atoms with Crippen molar-refractivity contribution in [2.45, 2.75) is 32.3 Å². The average molecular weight is 212 g/mol. The first-order valence-corrected chi connectivity index (χ1v) is 4.71. The summed E-state index contributed by atoms with van der Waals surface area (Å²) in [6.07, 6.45) is 0.309. The summed E-state index contributed by atoms with van der Waals surface area (Å²) >= 11 is 0. The van der Waals surface area contributed by atoms with Crippen molar-refractivity contribution in [1.29, 1.82) is 0 Å². The first-order chi connectivity index (χ1) is 6.91. The lowest BCUT2D eigenvalue weighted by Gasteiger charge is -2.27. The van der Waals surface area contributed by atoms with Gasteiger partial charge >= 0.3 is 5.97 Å². The third-order valence-electron chi connectivity index (χ3n) is 2.56.